The molecule has 0 unspecified atom stereocenters. The van der Waals surface area contributed by atoms with Crippen LogP contribution in [0.1, 0.15) is 19.8 Å². The van der Waals surface area contributed by atoms with Crippen LogP contribution < -0.4 is 4.90 Å². The van der Waals surface area contributed by atoms with Crippen molar-refractivity contribution in [3.63, 3.8) is 0 Å². The molecule has 1 saturated heterocycles. The second kappa shape index (κ2) is 7.40. The quantitative estimate of drug-likeness (QED) is 0.826. The van der Waals surface area contributed by atoms with Crippen molar-refractivity contribution in [2.24, 2.45) is 0 Å². The number of carbonyl (C=O) groups is 1. The summed E-state index contributed by atoms with van der Waals surface area (Å²) in [5, 5.41) is 4.99. The lowest BCUT2D eigenvalue weighted by Gasteiger charge is -2.19. The third-order valence-corrected chi connectivity index (χ3v) is 4.27. The lowest BCUT2D eigenvalue weighted by molar-refractivity contribution is -0.129. The van der Waals surface area contributed by atoms with E-state index in [1.165, 1.54) is 0 Å². The van der Waals surface area contributed by atoms with Gasteiger partial charge in [-0.3, -0.25) is 4.79 Å². The molecular weight excluding hydrogens is 351 g/mol. The molecule has 2 heterocycles. The van der Waals surface area contributed by atoms with Crippen LogP contribution in [0, 0.1) is 0 Å². The minimum absolute atomic E-state index is 0.0832. The molecule has 1 aromatic carbocycles. The second-order valence-corrected chi connectivity index (χ2v) is 6.59. The second-order valence-electron chi connectivity index (χ2n) is 5.71. The molecular formula is C16H18Cl2N4O2. The molecule has 1 aliphatic heterocycles. The summed E-state index contributed by atoms with van der Waals surface area (Å²) >= 11 is 12.0. The highest BCUT2D eigenvalue weighted by Crippen LogP contribution is 2.27. The number of carbonyl (C=O) groups excluding carboxylic acids is 1. The number of nitrogens with zero attached hydrogens (tertiary/aromatic N) is 4. The average molecular weight is 369 g/mol. The molecule has 3 rings (SSSR count). The van der Waals surface area contributed by atoms with Crippen molar-refractivity contribution in [3.8, 4) is 11.4 Å². The number of amides is 1. The first-order valence-corrected chi connectivity index (χ1v) is 8.65. The smallest absolute Gasteiger partial charge is 0.324 e. The van der Waals surface area contributed by atoms with Crippen molar-refractivity contribution in [2.75, 3.05) is 31.1 Å². The Balaban J connectivity index is 1.79. The average Bonchev–Trinajstić information content (AvgIpc) is 2.95. The standard InChI is InChI=1S/C16H18Cl2N4O2/c1-2-4-21-5-3-6-22(10-14(21)23)16-19-15(20-24-16)11-7-12(17)9-13(18)8-11/h7-9H,2-6,10H2,1H3. The van der Waals surface area contributed by atoms with Gasteiger partial charge in [-0.25, -0.2) is 0 Å². The Kier molecular flexibility index (Phi) is 5.26. The van der Waals surface area contributed by atoms with Gasteiger partial charge in [0.1, 0.15) is 6.54 Å². The zero-order valence-corrected chi connectivity index (χ0v) is 14.8. The fourth-order valence-electron chi connectivity index (χ4n) is 2.73. The molecule has 128 valence electrons. The minimum atomic E-state index is 0.0832. The Bertz CT molecular complexity index is 714. The van der Waals surface area contributed by atoms with Crippen LogP contribution in [0.25, 0.3) is 11.4 Å². The molecule has 0 N–H and O–H groups in total. The lowest BCUT2D eigenvalue weighted by atomic mass is 10.2. The van der Waals surface area contributed by atoms with Crippen LogP contribution in [0.4, 0.5) is 6.01 Å². The van der Waals surface area contributed by atoms with E-state index in [9.17, 15) is 4.79 Å². The normalized spacial score (nSPS) is 15.7. The monoisotopic (exact) mass is 368 g/mol. The number of aromatic nitrogens is 2. The van der Waals surface area contributed by atoms with Gasteiger partial charge in [-0.05, 0) is 31.0 Å². The highest BCUT2D eigenvalue weighted by molar-refractivity contribution is 6.35. The maximum atomic E-state index is 12.3. The van der Waals surface area contributed by atoms with Gasteiger partial charge < -0.3 is 14.3 Å². The zero-order valence-electron chi connectivity index (χ0n) is 13.3. The maximum Gasteiger partial charge on any atom is 0.324 e. The van der Waals surface area contributed by atoms with E-state index in [1.807, 2.05) is 9.80 Å². The molecule has 0 spiro atoms. The van der Waals surface area contributed by atoms with Crippen molar-refractivity contribution in [3.05, 3.63) is 28.2 Å². The van der Waals surface area contributed by atoms with Gasteiger partial charge in [0.05, 0.1) is 0 Å². The van der Waals surface area contributed by atoms with E-state index < -0.39 is 0 Å². The van der Waals surface area contributed by atoms with E-state index in [4.69, 9.17) is 27.7 Å². The van der Waals surface area contributed by atoms with Gasteiger partial charge in [-0.1, -0.05) is 35.3 Å². The van der Waals surface area contributed by atoms with Gasteiger partial charge >= 0.3 is 6.01 Å². The summed E-state index contributed by atoms with van der Waals surface area (Å²) in [4.78, 5) is 20.4. The van der Waals surface area contributed by atoms with Crippen molar-refractivity contribution < 1.29 is 9.32 Å². The van der Waals surface area contributed by atoms with Gasteiger partial charge in [-0.15, -0.1) is 0 Å². The zero-order chi connectivity index (χ0) is 17.1. The SMILES string of the molecule is CCCN1CCCN(c2nc(-c3cc(Cl)cc(Cl)c3)no2)CC1=O. The van der Waals surface area contributed by atoms with E-state index in [0.29, 0.717) is 34.0 Å². The van der Waals surface area contributed by atoms with Crippen molar-refractivity contribution in [1.29, 1.82) is 0 Å². The first-order valence-electron chi connectivity index (χ1n) is 7.89. The Labute approximate surface area is 150 Å². The van der Waals surface area contributed by atoms with Gasteiger partial charge in [-0.2, -0.15) is 4.98 Å². The van der Waals surface area contributed by atoms with E-state index in [1.54, 1.807) is 18.2 Å². The summed E-state index contributed by atoms with van der Waals surface area (Å²) in [7, 11) is 0. The molecule has 6 nitrogen and oxygen atoms in total. The molecule has 2 aromatic rings. The molecule has 0 bridgehead atoms. The first-order chi connectivity index (χ1) is 11.6. The molecule has 1 aliphatic rings. The van der Waals surface area contributed by atoms with Crippen LogP contribution in [0.5, 0.6) is 0 Å². The van der Waals surface area contributed by atoms with Crippen LogP contribution in [0.2, 0.25) is 10.0 Å². The Hall–Kier alpha value is -1.79. The molecule has 1 fully saturated rings. The van der Waals surface area contributed by atoms with Gasteiger partial charge in [0.2, 0.25) is 11.7 Å². The summed E-state index contributed by atoms with van der Waals surface area (Å²) in [5.41, 5.74) is 0.677. The molecule has 8 heteroatoms. The first kappa shape index (κ1) is 17.0. The third-order valence-electron chi connectivity index (χ3n) is 3.83. The number of anilines is 1. The van der Waals surface area contributed by atoms with Crippen LogP contribution in [-0.2, 0) is 4.79 Å². The van der Waals surface area contributed by atoms with Gasteiger partial charge in [0, 0.05) is 35.2 Å². The molecule has 24 heavy (non-hydrogen) atoms. The summed E-state index contributed by atoms with van der Waals surface area (Å²) in [6, 6.07) is 5.42. The highest BCUT2D eigenvalue weighted by atomic mass is 35.5. The van der Waals surface area contributed by atoms with E-state index >= 15 is 0 Å². The molecule has 0 radical (unpaired) electrons. The van der Waals surface area contributed by atoms with E-state index in [-0.39, 0.29) is 12.5 Å². The lowest BCUT2D eigenvalue weighted by Crippen LogP contribution is -2.37. The van der Waals surface area contributed by atoms with Crippen LogP contribution in [-0.4, -0.2) is 47.1 Å². The summed E-state index contributed by atoms with van der Waals surface area (Å²) < 4.78 is 5.35. The summed E-state index contributed by atoms with van der Waals surface area (Å²) in [6.07, 6.45) is 1.82. The van der Waals surface area contributed by atoms with E-state index in [2.05, 4.69) is 17.1 Å². The number of benzene rings is 1. The molecule has 1 aromatic heterocycles. The fraction of sp³-hybridized carbons (Fsp3) is 0.438. The number of halogens is 2. The van der Waals surface area contributed by atoms with Crippen molar-refractivity contribution >= 4 is 35.1 Å². The Morgan fingerprint density at radius 1 is 1.21 bits per heavy atom. The highest BCUT2D eigenvalue weighted by Gasteiger charge is 2.25. The largest absolute Gasteiger partial charge is 0.341 e. The molecule has 1 amide bonds. The van der Waals surface area contributed by atoms with Crippen LogP contribution in [0.3, 0.4) is 0 Å². The predicted molar refractivity (Wildman–Crippen MR) is 93.5 cm³/mol. The molecule has 0 aliphatic carbocycles. The topological polar surface area (TPSA) is 62.5 Å². The van der Waals surface area contributed by atoms with E-state index in [0.717, 1.165) is 25.9 Å². The Morgan fingerprint density at radius 3 is 2.67 bits per heavy atom. The fourth-order valence-corrected chi connectivity index (χ4v) is 3.26. The molecule has 0 atom stereocenters. The van der Waals surface area contributed by atoms with Crippen molar-refractivity contribution in [1.82, 2.24) is 15.0 Å². The third kappa shape index (κ3) is 3.82. The van der Waals surface area contributed by atoms with Crippen molar-refractivity contribution in [2.45, 2.75) is 19.8 Å². The Morgan fingerprint density at radius 2 is 1.96 bits per heavy atom. The molecule has 0 saturated carbocycles. The van der Waals surface area contributed by atoms with Crippen LogP contribution >= 0.6 is 23.2 Å². The van der Waals surface area contributed by atoms with Gasteiger partial charge in [0.15, 0.2) is 0 Å². The minimum Gasteiger partial charge on any atom is -0.341 e. The number of rotatable bonds is 4. The number of hydrogen-bond donors (Lipinski definition) is 0. The number of hydrogen-bond acceptors (Lipinski definition) is 5. The van der Waals surface area contributed by atoms with Crippen LogP contribution in [0.15, 0.2) is 22.7 Å². The summed E-state index contributed by atoms with van der Waals surface area (Å²) in [5.74, 6) is 0.483. The maximum absolute atomic E-state index is 12.3. The predicted octanol–water partition coefficient (Wildman–Crippen LogP) is 3.49. The summed E-state index contributed by atoms with van der Waals surface area (Å²) in [6.45, 7) is 4.55. The van der Waals surface area contributed by atoms with Gasteiger partial charge in [0.25, 0.3) is 0 Å².